The molecule has 110 valence electrons. The van der Waals surface area contributed by atoms with E-state index in [0.29, 0.717) is 12.3 Å². The van der Waals surface area contributed by atoms with Crippen molar-refractivity contribution in [1.29, 1.82) is 0 Å². The minimum atomic E-state index is 0. The standard InChI is InChI=1S/C17H18NO2.BrH/c19-16(17-9-5-11-20-17)13-18-10-4-8-15(18)12-14-6-2-1-3-7-14;/h1-3,5-7,9,11H,4,8,10,12-13H2;1H/q+1;/p-1. The molecule has 0 spiro atoms. The molecule has 1 aliphatic rings. The highest BCUT2D eigenvalue weighted by Crippen LogP contribution is 2.12. The van der Waals surface area contributed by atoms with E-state index in [9.17, 15) is 4.79 Å². The van der Waals surface area contributed by atoms with Gasteiger partial charge in [0.05, 0.1) is 12.7 Å². The Morgan fingerprint density at radius 3 is 2.67 bits per heavy atom. The summed E-state index contributed by atoms with van der Waals surface area (Å²) in [5, 5.41) is 0. The number of ketones is 1. The third kappa shape index (κ3) is 3.91. The average Bonchev–Trinajstić information content (AvgIpc) is 3.12. The Balaban J connectivity index is 0.00000161. The topological polar surface area (TPSA) is 33.2 Å². The van der Waals surface area contributed by atoms with Gasteiger partial charge >= 0.3 is 0 Å². The molecule has 4 heteroatoms. The van der Waals surface area contributed by atoms with Crippen LogP contribution in [0.2, 0.25) is 0 Å². The zero-order valence-electron chi connectivity index (χ0n) is 11.8. The van der Waals surface area contributed by atoms with E-state index in [0.717, 1.165) is 25.8 Å². The zero-order valence-corrected chi connectivity index (χ0v) is 13.4. The van der Waals surface area contributed by atoms with Crippen LogP contribution < -0.4 is 17.0 Å². The van der Waals surface area contributed by atoms with Crippen LogP contribution in [-0.4, -0.2) is 29.2 Å². The van der Waals surface area contributed by atoms with Crippen molar-refractivity contribution in [3.05, 3.63) is 60.1 Å². The van der Waals surface area contributed by atoms with Gasteiger partial charge in [0.1, 0.15) is 6.54 Å². The average molecular weight is 348 g/mol. The van der Waals surface area contributed by atoms with Crippen molar-refractivity contribution < 1.29 is 30.8 Å². The molecule has 2 aromatic rings. The van der Waals surface area contributed by atoms with Crippen molar-refractivity contribution in [2.45, 2.75) is 19.3 Å². The second kappa shape index (κ2) is 7.36. The number of halogens is 1. The van der Waals surface area contributed by atoms with E-state index >= 15 is 0 Å². The van der Waals surface area contributed by atoms with Gasteiger partial charge in [-0.3, -0.25) is 4.79 Å². The number of hydrogen-bond acceptors (Lipinski definition) is 2. The van der Waals surface area contributed by atoms with Gasteiger partial charge in [-0.2, -0.15) is 0 Å². The third-order valence-corrected chi connectivity index (χ3v) is 3.72. The van der Waals surface area contributed by atoms with Crippen molar-refractivity contribution in [3.8, 4) is 0 Å². The fourth-order valence-corrected chi connectivity index (χ4v) is 2.70. The van der Waals surface area contributed by atoms with E-state index < -0.39 is 0 Å². The van der Waals surface area contributed by atoms with E-state index in [1.165, 1.54) is 11.3 Å². The van der Waals surface area contributed by atoms with Crippen LogP contribution in [0, 0.1) is 0 Å². The van der Waals surface area contributed by atoms with Gasteiger partial charge < -0.3 is 21.4 Å². The zero-order chi connectivity index (χ0) is 13.8. The Morgan fingerprint density at radius 1 is 1.14 bits per heavy atom. The molecular weight excluding hydrogens is 330 g/mol. The van der Waals surface area contributed by atoms with Gasteiger partial charge in [-0.05, 0) is 17.7 Å². The number of nitrogens with zero attached hydrogens (tertiary/aromatic N) is 1. The van der Waals surface area contributed by atoms with Gasteiger partial charge in [0.2, 0.25) is 6.54 Å². The van der Waals surface area contributed by atoms with Crippen molar-refractivity contribution in [1.82, 2.24) is 0 Å². The molecule has 0 atom stereocenters. The summed E-state index contributed by atoms with van der Waals surface area (Å²) in [7, 11) is 0. The fraction of sp³-hybridized carbons (Fsp3) is 0.294. The molecule has 0 radical (unpaired) electrons. The van der Waals surface area contributed by atoms with Crippen LogP contribution in [-0.2, 0) is 6.42 Å². The van der Waals surface area contributed by atoms with Gasteiger partial charge in [-0.1, -0.05) is 30.3 Å². The molecule has 1 aliphatic heterocycles. The predicted octanol–water partition coefficient (Wildman–Crippen LogP) is -0.0437. The molecular formula is C17H18BrNO2. The van der Waals surface area contributed by atoms with Crippen LogP contribution in [0.1, 0.15) is 29.0 Å². The lowest BCUT2D eigenvalue weighted by atomic mass is 10.1. The highest BCUT2D eigenvalue weighted by Gasteiger charge is 2.25. The summed E-state index contributed by atoms with van der Waals surface area (Å²) < 4.78 is 7.38. The van der Waals surface area contributed by atoms with Gasteiger partial charge in [-0.25, -0.2) is 4.58 Å². The second-order valence-electron chi connectivity index (χ2n) is 5.15. The first-order chi connectivity index (χ1) is 9.83. The predicted molar refractivity (Wildman–Crippen MR) is 77.4 cm³/mol. The van der Waals surface area contributed by atoms with Crippen molar-refractivity contribution >= 4 is 11.5 Å². The van der Waals surface area contributed by atoms with Crippen LogP contribution in [0.15, 0.2) is 53.1 Å². The van der Waals surface area contributed by atoms with Crippen LogP contribution in [0.25, 0.3) is 0 Å². The number of hydrogen-bond donors (Lipinski definition) is 0. The summed E-state index contributed by atoms with van der Waals surface area (Å²) in [5.74, 6) is 0.512. The monoisotopic (exact) mass is 347 g/mol. The smallest absolute Gasteiger partial charge is 0.261 e. The Bertz CT molecular complexity index is 618. The number of carbonyl (C=O) groups excluding carboxylic acids is 1. The number of rotatable bonds is 5. The lowest BCUT2D eigenvalue weighted by Gasteiger charge is -2.02. The third-order valence-electron chi connectivity index (χ3n) is 3.72. The molecule has 1 aromatic carbocycles. The molecule has 0 N–H and O–H groups in total. The number of benzene rings is 1. The van der Waals surface area contributed by atoms with Gasteiger partial charge in [0.15, 0.2) is 11.5 Å². The Morgan fingerprint density at radius 2 is 1.95 bits per heavy atom. The normalized spacial score (nSPS) is 14.1. The first kappa shape index (κ1) is 15.7. The SMILES string of the molecule is O=C(C[N+]1=C(Cc2ccccc2)CCC1)c1ccco1.[Br-]. The molecule has 0 aliphatic carbocycles. The summed E-state index contributed by atoms with van der Waals surface area (Å²) >= 11 is 0. The highest BCUT2D eigenvalue weighted by molar-refractivity contribution is 5.95. The quantitative estimate of drug-likeness (QED) is 0.561. The minimum absolute atomic E-state index is 0. The molecule has 2 heterocycles. The van der Waals surface area contributed by atoms with Gasteiger partial charge in [0, 0.05) is 12.8 Å². The Hall–Kier alpha value is -1.68. The number of carbonyl (C=O) groups is 1. The molecule has 0 fully saturated rings. The highest BCUT2D eigenvalue weighted by atomic mass is 79.9. The van der Waals surface area contributed by atoms with Crippen molar-refractivity contribution in [3.63, 3.8) is 0 Å². The maximum atomic E-state index is 12.1. The molecule has 0 saturated heterocycles. The molecule has 0 bridgehead atoms. The van der Waals surface area contributed by atoms with Crippen LogP contribution in [0.3, 0.4) is 0 Å². The summed E-state index contributed by atoms with van der Waals surface area (Å²) in [6, 6.07) is 13.9. The van der Waals surface area contributed by atoms with Crippen molar-refractivity contribution in [2.24, 2.45) is 0 Å². The summed E-state index contributed by atoms with van der Waals surface area (Å²) in [4.78, 5) is 12.1. The van der Waals surface area contributed by atoms with E-state index in [2.05, 4.69) is 28.8 Å². The number of furan rings is 1. The van der Waals surface area contributed by atoms with Crippen LogP contribution in [0.5, 0.6) is 0 Å². The lowest BCUT2D eigenvalue weighted by molar-refractivity contribution is -0.507. The van der Waals surface area contributed by atoms with Gasteiger partial charge in [-0.15, -0.1) is 0 Å². The molecule has 0 amide bonds. The molecule has 1 aromatic heterocycles. The largest absolute Gasteiger partial charge is 1.00 e. The summed E-state index contributed by atoms with van der Waals surface area (Å²) in [6.07, 6.45) is 4.70. The lowest BCUT2D eigenvalue weighted by Crippen LogP contribution is -3.00. The number of Topliss-reactive ketones (excluding diaryl/α,β-unsaturated/α-hetero) is 1. The van der Waals surface area contributed by atoms with Gasteiger partial charge in [0.25, 0.3) is 5.78 Å². The van der Waals surface area contributed by atoms with Crippen LogP contribution >= 0.6 is 0 Å². The molecule has 3 rings (SSSR count). The summed E-state index contributed by atoms with van der Waals surface area (Å²) in [5.41, 5.74) is 2.66. The van der Waals surface area contributed by atoms with E-state index in [1.807, 2.05) is 6.07 Å². The second-order valence-corrected chi connectivity index (χ2v) is 5.15. The van der Waals surface area contributed by atoms with Crippen LogP contribution in [0.4, 0.5) is 0 Å². The van der Waals surface area contributed by atoms with E-state index in [1.54, 1.807) is 18.4 Å². The first-order valence-corrected chi connectivity index (χ1v) is 7.03. The first-order valence-electron chi connectivity index (χ1n) is 7.03. The van der Waals surface area contributed by atoms with Crippen molar-refractivity contribution in [2.75, 3.05) is 13.1 Å². The maximum absolute atomic E-state index is 12.1. The minimum Gasteiger partial charge on any atom is -1.00 e. The van der Waals surface area contributed by atoms with E-state index in [-0.39, 0.29) is 22.8 Å². The maximum Gasteiger partial charge on any atom is 0.261 e. The Kier molecular flexibility index (Phi) is 5.51. The molecule has 0 saturated carbocycles. The summed E-state index contributed by atoms with van der Waals surface area (Å²) in [6.45, 7) is 1.39. The molecule has 0 unspecified atom stereocenters. The van der Waals surface area contributed by atoms with E-state index in [4.69, 9.17) is 4.42 Å². The molecule has 3 nitrogen and oxygen atoms in total. The Labute approximate surface area is 135 Å². The fourth-order valence-electron chi connectivity index (χ4n) is 2.70. The molecule has 21 heavy (non-hydrogen) atoms.